The van der Waals surface area contributed by atoms with Gasteiger partial charge < -0.3 is 34.3 Å². The number of carbonyl (C=O) groups is 2. The molecule has 0 spiro atoms. The van der Waals surface area contributed by atoms with Crippen molar-refractivity contribution in [3.63, 3.8) is 0 Å². The fourth-order valence-electron chi connectivity index (χ4n) is 5.68. The quantitative estimate of drug-likeness (QED) is 0.344. The van der Waals surface area contributed by atoms with E-state index in [0.29, 0.717) is 0 Å². The number of methoxy groups -OCH3 is 1. The molecule has 2 aliphatic carbocycles. The number of esters is 1. The molecule has 0 amide bonds. The number of rotatable bonds is 4. The van der Waals surface area contributed by atoms with Crippen LogP contribution >= 0.6 is 0 Å². The van der Waals surface area contributed by atoms with Crippen LogP contribution < -0.4 is 10.4 Å². The molecule has 10 heteroatoms. The number of carbonyl (C=O) groups excluding carboxylic acids is 2. The Morgan fingerprint density at radius 3 is 2.47 bits per heavy atom. The summed E-state index contributed by atoms with van der Waals surface area (Å²) in [5.41, 5.74) is -8.89. The highest BCUT2D eigenvalue weighted by molar-refractivity contribution is 6.05. The molecule has 1 saturated heterocycles. The van der Waals surface area contributed by atoms with E-state index >= 15 is 0 Å². The average Bonchev–Trinajstić information content (AvgIpc) is 2.87. The van der Waals surface area contributed by atoms with E-state index in [1.807, 2.05) is 0 Å². The summed E-state index contributed by atoms with van der Waals surface area (Å²) in [5.74, 6) is -6.31. The van der Waals surface area contributed by atoms with Crippen LogP contribution in [0.2, 0.25) is 0 Å². The van der Waals surface area contributed by atoms with Crippen LogP contribution in [-0.4, -0.2) is 68.3 Å². The number of fused-ring (bicyclic) bond motifs is 2. The van der Waals surface area contributed by atoms with E-state index < -0.39 is 64.6 Å². The Balaban J connectivity index is 1.80. The molecule has 1 aromatic heterocycles. The molecule has 1 aromatic carbocycles. The maximum absolute atomic E-state index is 13.5. The van der Waals surface area contributed by atoms with Gasteiger partial charge in [-0.25, -0.2) is 9.59 Å². The summed E-state index contributed by atoms with van der Waals surface area (Å²) in [6.07, 6.45) is -3.76. The van der Waals surface area contributed by atoms with Crippen molar-refractivity contribution in [1.29, 1.82) is 0 Å². The van der Waals surface area contributed by atoms with Crippen LogP contribution in [0.1, 0.15) is 28.5 Å². The zero-order valence-electron chi connectivity index (χ0n) is 16.8. The molecule has 168 valence electrons. The molecule has 3 aliphatic rings. The third kappa shape index (κ3) is 2.29. The van der Waals surface area contributed by atoms with Crippen LogP contribution in [0.15, 0.2) is 51.7 Å². The molecule has 0 radical (unpaired) electrons. The Kier molecular flexibility index (Phi) is 4.22. The van der Waals surface area contributed by atoms with E-state index in [2.05, 4.69) is 0 Å². The standard InChI is InChI=1S/C22H20O10/c1-30-11-7-12(31-14(23)8-11)16-20(27)9-13-18(25)21(16,28)17(22(20,29)19(26)32-13)15(24)10-5-3-2-4-6-10/h2-8,13,16-18,25,27-29H,9H2,1H3/t13-,16-,17+,18?,20-,21+,22-/m0/s1. The molecule has 2 saturated carbocycles. The van der Waals surface area contributed by atoms with Gasteiger partial charge in [0, 0.05) is 18.1 Å². The number of hydrogen-bond donors (Lipinski definition) is 4. The molecular weight excluding hydrogens is 424 g/mol. The fraction of sp³-hybridized carbons (Fsp3) is 0.409. The molecule has 1 unspecified atom stereocenters. The van der Waals surface area contributed by atoms with Crippen LogP contribution in [0.3, 0.4) is 0 Å². The van der Waals surface area contributed by atoms with Crippen molar-refractivity contribution in [3.05, 3.63) is 64.2 Å². The molecule has 7 atom stereocenters. The highest BCUT2D eigenvalue weighted by atomic mass is 16.6. The molecule has 3 fully saturated rings. The molecule has 3 bridgehead atoms. The van der Waals surface area contributed by atoms with E-state index in [4.69, 9.17) is 13.9 Å². The summed E-state index contributed by atoms with van der Waals surface area (Å²) < 4.78 is 15.4. The van der Waals surface area contributed by atoms with Crippen LogP contribution in [0.25, 0.3) is 0 Å². The maximum Gasteiger partial charge on any atom is 0.342 e. The number of Topliss-reactive ketones (excluding diaryl/α,β-unsaturated/α-hetero) is 1. The van der Waals surface area contributed by atoms with Gasteiger partial charge in [0.15, 0.2) is 5.78 Å². The lowest BCUT2D eigenvalue weighted by atomic mass is 9.65. The van der Waals surface area contributed by atoms with Gasteiger partial charge in [-0.3, -0.25) is 4.79 Å². The number of aliphatic hydroxyl groups is 4. The fourth-order valence-corrected chi connectivity index (χ4v) is 5.68. The molecule has 2 heterocycles. The Morgan fingerprint density at radius 2 is 1.81 bits per heavy atom. The second kappa shape index (κ2) is 6.48. The monoisotopic (exact) mass is 444 g/mol. The minimum Gasteiger partial charge on any atom is -0.496 e. The normalized spacial score (nSPS) is 39.6. The first kappa shape index (κ1) is 20.8. The second-order valence-electron chi connectivity index (χ2n) is 8.49. The van der Waals surface area contributed by atoms with Gasteiger partial charge in [0.05, 0.1) is 25.0 Å². The molecule has 5 rings (SSSR count). The second-order valence-corrected chi connectivity index (χ2v) is 8.49. The zero-order chi connectivity index (χ0) is 23.1. The van der Waals surface area contributed by atoms with Gasteiger partial charge in [0.25, 0.3) is 0 Å². The first-order valence-corrected chi connectivity index (χ1v) is 9.93. The van der Waals surface area contributed by atoms with Crippen molar-refractivity contribution in [1.82, 2.24) is 0 Å². The third-order valence-electron chi connectivity index (χ3n) is 6.99. The first-order valence-electron chi connectivity index (χ1n) is 9.93. The van der Waals surface area contributed by atoms with Gasteiger partial charge >= 0.3 is 11.6 Å². The molecular formula is C22H20O10. The van der Waals surface area contributed by atoms with Crippen molar-refractivity contribution in [2.45, 2.75) is 41.3 Å². The summed E-state index contributed by atoms with van der Waals surface area (Å²) >= 11 is 0. The van der Waals surface area contributed by atoms with E-state index in [0.717, 1.165) is 6.07 Å². The van der Waals surface area contributed by atoms with Gasteiger partial charge in [-0.05, 0) is 0 Å². The van der Waals surface area contributed by atoms with Crippen LogP contribution in [0.5, 0.6) is 5.75 Å². The summed E-state index contributed by atoms with van der Waals surface area (Å²) in [6.45, 7) is 0. The third-order valence-corrected chi connectivity index (χ3v) is 6.99. The Bertz CT molecular complexity index is 1170. The van der Waals surface area contributed by atoms with Crippen LogP contribution in [0, 0.1) is 5.92 Å². The van der Waals surface area contributed by atoms with E-state index in [1.165, 1.54) is 25.3 Å². The van der Waals surface area contributed by atoms with Crippen LogP contribution in [-0.2, 0) is 9.53 Å². The van der Waals surface area contributed by atoms with Crippen molar-refractivity contribution in [2.24, 2.45) is 5.92 Å². The molecule has 10 nitrogen and oxygen atoms in total. The Hall–Kier alpha value is -3.05. The van der Waals surface area contributed by atoms with Crippen LogP contribution in [0.4, 0.5) is 0 Å². The highest BCUT2D eigenvalue weighted by Gasteiger charge is 2.88. The lowest BCUT2D eigenvalue weighted by Gasteiger charge is -2.50. The number of benzene rings is 1. The van der Waals surface area contributed by atoms with Crippen molar-refractivity contribution in [2.75, 3.05) is 7.11 Å². The zero-order valence-corrected chi connectivity index (χ0v) is 16.8. The van der Waals surface area contributed by atoms with E-state index in [-0.39, 0.29) is 17.1 Å². The molecule has 32 heavy (non-hydrogen) atoms. The summed E-state index contributed by atoms with van der Waals surface area (Å²) in [5, 5.41) is 46.1. The van der Waals surface area contributed by atoms with Gasteiger partial charge in [-0.2, -0.15) is 0 Å². The number of ketones is 1. The summed E-state index contributed by atoms with van der Waals surface area (Å²) in [7, 11) is 1.28. The smallest absolute Gasteiger partial charge is 0.342 e. The summed E-state index contributed by atoms with van der Waals surface area (Å²) in [4.78, 5) is 38.5. The minimum absolute atomic E-state index is 0.0218. The van der Waals surface area contributed by atoms with Gasteiger partial charge in [-0.15, -0.1) is 0 Å². The van der Waals surface area contributed by atoms with Gasteiger partial charge in [0.2, 0.25) is 5.60 Å². The van der Waals surface area contributed by atoms with Gasteiger partial charge in [-0.1, -0.05) is 30.3 Å². The first-order chi connectivity index (χ1) is 15.1. The Labute approximate surface area is 180 Å². The van der Waals surface area contributed by atoms with E-state index in [9.17, 15) is 34.8 Å². The number of ether oxygens (including phenoxy) is 2. The molecule has 1 aliphatic heterocycles. The Morgan fingerprint density at radius 1 is 1.12 bits per heavy atom. The van der Waals surface area contributed by atoms with Crippen molar-refractivity contribution < 1.29 is 43.9 Å². The SMILES string of the molecule is COc1cc([C@@H]2[C@]3(O)C(O)[C@@H]4C[C@@]2(O)[C@@](O)(C(=O)O4)[C@@H]3C(=O)c2ccccc2)oc(=O)c1. The summed E-state index contributed by atoms with van der Waals surface area (Å²) in [6, 6.07) is 9.75. The van der Waals surface area contributed by atoms with Crippen molar-refractivity contribution in [3.8, 4) is 5.75 Å². The van der Waals surface area contributed by atoms with E-state index in [1.54, 1.807) is 18.2 Å². The number of hydrogen-bond acceptors (Lipinski definition) is 10. The molecule has 4 N–H and O–H groups in total. The van der Waals surface area contributed by atoms with Crippen molar-refractivity contribution >= 4 is 11.8 Å². The number of aliphatic hydroxyl groups excluding tert-OH is 1. The predicted octanol–water partition coefficient (Wildman–Crippen LogP) is -0.872. The predicted molar refractivity (Wildman–Crippen MR) is 104 cm³/mol. The average molecular weight is 444 g/mol. The molecule has 2 aromatic rings. The minimum atomic E-state index is -2.92. The maximum atomic E-state index is 13.5. The van der Waals surface area contributed by atoms with Gasteiger partial charge in [0.1, 0.15) is 34.9 Å². The lowest BCUT2D eigenvalue weighted by molar-refractivity contribution is -0.252. The topological polar surface area (TPSA) is 164 Å². The largest absolute Gasteiger partial charge is 0.496 e. The lowest BCUT2D eigenvalue weighted by Crippen LogP contribution is -2.69. The highest BCUT2D eigenvalue weighted by Crippen LogP contribution is 2.67.